The van der Waals surface area contributed by atoms with Crippen LogP contribution in [0.2, 0.25) is 0 Å². The number of amides is 2. The Morgan fingerprint density at radius 1 is 0.971 bits per heavy atom. The Kier molecular flexibility index (Phi) is 11.7. The van der Waals surface area contributed by atoms with E-state index in [1.807, 2.05) is 13.0 Å². The molecule has 1 aromatic rings. The van der Waals surface area contributed by atoms with E-state index in [2.05, 4.69) is 5.32 Å². The topological polar surface area (TPSA) is 84.9 Å². The molecule has 1 rings (SSSR count). The van der Waals surface area contributed by atoms with Gasteiger partial charge in [-0.2, -0.15) is 0 Å². The van der Waals surface area contributed by atoms with Crippen molar-refractivity contribution in [3.8, 4) is 0 Å². The number of alkyl halides is 2. The van der Waals surface area contributed by atoms with Crippen molar-refractivity contribution in [2.24, 2.45) is 0 Å². The highest BCUT2D eigenvalue weighted by molar-refractivity contribution is 6.18. The number of nitrogens with zero attached hydrogens (tertiary/aromatic N) is 1. The first-order valence-corrected chi connectivity index (χ1v) is 12.4. The largest absolute Gasteiger partial charge is 0.460 e. The summed E-state index contributed by atoms with van der Waals surface area (Å²) in [5.41, 5.74) is 0.913. The van der Waals surface area contributed by atoms with Gasteiger partial charge in [-0.25, -0.2) is 4.79 Å². The van der Waals surface area contributed by atoms with Gasteiger partial charge in [-0.1, -0.05) is 6.07 Å². The van der Waals surface area contributed by atoms with Crippen molar-refractivity contribution >= 4 is 41.2 Å². The van der Waals surface area contributed by atoms with Crippen LogP contribution in [0.5, 0.6) is 0 Å². The van der Waals surface area contributed by atoms with Gasteiger partial charge in [0.15, 0.2) is 0 Å². The minimum Gasteiger partial charge on any atom is -0.460 e. The van der Waals surface area contributed by atoms with Crippen LogP contribution in [-0.2, 0) is 20.7 Å². The number of esters is 1. The number of aryl methyl sites for hydroxylation is 1. The number of hydrogen-bond donors (Lipinski definition) is 1. The van der Waals surface area contributed by atoms with E-state index >= 15 is 0 Å². The molecular weight excluding hydrogens is 479 g/mol. The number of rotatable bonds is 10. The lowest BCUT2D eigenvalue weighted by Crippen LogP contribution is -2.42. The molecule has 0 fully saturated rings. The first-order chi connectivity index (χ1) is 15.6. The molecule has 0 spiro atoms. The molecule has 0 aliphatic heterocycles. The van der Waals surface area contributed by atoms with Gasteiger partial charge in [0.2, 0.25) is 0 Å². The molecule has 1 unspecified atom stereocenters. The number of hydrogen-bond acceptors (Lipinski definition) is 5. The highest BCUT2D eigenvalue weighted by Gasteiger charge is 2.25. The van der Waals surface area contributed by atoms with E-state index in [-0.39, 0.29) is 12.3 Å². The van der Waals surface area contributed by atoms with E-state index in [0.717, 1.165) is 11.1 Å². The molecule has 1 N–H and O–H groups in total. The Balaban J connectivity index is 3.16. The highest BCUT2D eigenvalue weighted by Crippen LogP contribution is 2.18. The molecule has 0 aliphatic carbocycles. The fourth-order valence-corrected chi connectivity index (χ4v) is 3.63. The number of halogens is 2. The van der Waals surface area contributed by atoms with Gasteiger partial charge >= 0.3 is 12.1 Å². The molecule has 0 aliphatic rings. The standard InChI is InChI=1S/C25H38Cl2N2O5/c1-17-8-9-18(22(31)29(12-10-26)13-11-27)14-19(17)15-20(16-21(30)33-24(2,3)4)28-23(32)34-25(5,6)7/h8-9,14,20H,10-13,15-16H2,1-7H3,(H,28,32). The zero-order valence-corrected chi connectivity index (χ0v) is 22.8. The normalized spacial score (nSPS) is 12.6. The number of ether oxygens (including phenoxy) is 2. The number of carbonyl (C=O) groups is 3. The van der Waals surface area contributed by atoms with Crippen LogP contribution >= 0.6 is 23.2 Å². The molecule has 2 amide bonds. The summed E-state index contributed by atoms with van der Waals surface area (Å²) in [7, 11) is 0. The van der Waals surface area contributed by atoms with Crippen LogP contribution in [0, 0.1) is 6.92 Å². The third-order valence-electron chi connectivity index (χ3n) is 4.61. The summed E-state index contributed by atoms with van der Waals surface area (Å²) in [6.07, 6.45) is -0.351. The van der Waals surface area contributed by atoms with Gasteiger partial charge in [-0.05, 0) is 78.1 Å². The smallest absolute Gasteiger partial charge is 0.407 e. The molecule has 0 aromatic heterocycles. The van der Waals surface area contributed by atoms with Crippen LogP contribution in [0.15, 0.2) is 18.2 Å². The average molecular weight is 517 g/mol. The summed E-state index contributed by atoms with van der Waals surface area (Å²) in [5, 5.41) is 2.79. The fraction of sp³-hybridized carbons (Fsp3) is 0.640. The zero-order chi connectivity index (χ0) is 26.1. The van der Waals surface area contributed by atoms with Crippen molar-refractivity contribution in [2.45, 2.75) is 78.6 Å². The van der Waals surface area contributed by atoms with Crippen LogP contribution < -0.4 is 5.32 Å². The third kappa shape index (κ3) is 11.4. The molecule has 0 bridgehead atoms. The molecule has 0 saturated carbocycles. The van der Waals surface area contributed by atoms with E-state index in [4.69, 9.17) is 32.7 Å². The van der Waals surface area contributed by atoms with Crippen molar-refractivity contribution in [3.63, 3.8) is 0 Å². The molecule has 192 valence electrons. The molecule has 0 radical (unpaired) electrons. The Bertz CT molecular complexity index is 811. The second-order valence-corrected chi connectivity index (χ2v) is 10.9. The maximum atomic E-state index is 13.0. The number of alkyl carbamates (subject to hydrolysis) is 1. The van der Waals surface area contributed by atoms with Gasteiger partial charge in [0.1, 0.15) is 11.2 Å². The zero-order valence-electron chi connectivity index (χ0n) is 21.3. The molecule has 1 atom stereocenters. The molecule has 1 aromatic carbocycles. The number of carbonyl (C=O) groups excluding carboxylic acids is 3. The van der Waals surface area contributed by atoms with E-state index in [1.165, 1.54) is 0 Å². The summed E-state index contributed by atoms with van der Waals surface area (Å²) < 4.78 is 10.8. The lowest BCUT2D eigenvalue weighted by molar-refractivity contribution is -0.155. The van der Waals surface area contributed by atoms with Crippen LogP contribution in [0.25, 0.3) is 0 Å². The van der Waals surface area contributed by atoms with Gasteiger partial charge in [0.05, 0.1) is 6.42 Å². The average Bonchev–Trinajstić information content (AvgIpc) is 2.65. The first kappa shape index (κ1) is 30.0. The number of benzene rings is 1. The predicted molar refractivity (Wildman–Crippen MR) is 136 cm³/mol. The quantitative estimate of drug-likeness (QED) is 0.346. The van der Waals surface area contributed by atoms with E-state index in [0.29, 0.717) is 36.8 Å². The van der Waals surface area contributed by atoms with E-state index in [9.17, 15) is 14.4 Å². The Morgan fingerprint density at radius 2 is 1.53 bits per heavy atom. The van der Waals surface area contributed by atoms with Gasteiger partial charge in [0.25, 0.3) is 5.91 Å². The van der Waals surface area contributed by atoms with Crippen LogP contribution in [0.3, 0.4) is 0 Å². The second kappa shape index (κ2) is 13.2. The molecule has 9 heteroatoms. The van der Waals surface area contributed by atoms with Crippen LogP contribution in [0.4, 0.5) is 4.79 Å². The summed E-state index contributed by atoms with van der Waals surface area (Å²) in [5.74, 6) is -0.00158. The lowest BCUT2D eigenvalue weighted by Gasteiger charge is -2.26. The van der Waals surface area contributed by atoms with Crippen LogP contribution in [0.1, 0.15) is 69.4 Å². The maximum absolute atomic E-state index is 13.0. The minimum atomic E-state index is -0.683. The molecule has 0 saturated heterocycles. The molecule has 34 heavy (non-hydrogen) atoms. The summed E-state index contributed by atoms with van der Waals surface area (Å²) in [4.78, 5) is 39.6. The van der Waals surface area contributed by atoms with E-state index in [1.54, 1.807) is 58.6 Å². The lowest BCUT2D eigenvalue weighted by atomic mass is 9.96. The van der Waals surface area contributed by atoms with Crippen molar-refractivity contribution < 1.29 is 23.9 Å². The summed E-state index contributed by atoms with van der Waals surface area (Å²) >= 11 is 11.7. The maximum Gasteiger partial charge on any atom is 0.407 e. The van der Waals surface area contributed by atoms with Crippen molar-refractivity contribution in [1.82, 2.24) is 10.2 Å². The Labute approximate surface area is 213 Å². The molecule has 7 nitrogen and oxygen atoms in total. The fourth-order valence-electron chi connectivity index (χ4n) is 3.22. The highest BCUT2D eigenvalue weighted by atomic mass is 35.5. The summed E-state index contributed by atoms with van der Waals surface area (Å²) in [6.45, 7) is 13.3. The second-order valence-electron chi connectivity index (χ2n) is 10.1. The van der Waals surface area contributed by atoms with Crippen molar-refractivity contribution in [2.75, 3.05) is 24.8 Å². The van der Waals surface area contributed by atoms with Gasteiger partial charge in [-0.15, -0.1) is 23.2 Å². The summed E-state index contributed by atoms with van der Waals surface area (Å²) in [6, 6.07) is 4.79. The molecular formula is C25H38Cl2N2O5. The number of nitrogens with one attached hydrogen (secondary N) is 1. The van der Waals surface area contributed by atoms with Gasteiger partial charge < -0.3 is 19.7 Å². The molecule has 0 heterocycles. The van der Waals surface area contributed by atoms with Gasteiger partial charge in [0, 0.05) is 36.5 Å². The van der Waals surface area contributed by atoms with Crippen LogP contribution in [-0.4, -0.2) is 65.0 Å². The SMILES string of the molecule is Cc1ccc(C(=O)N(CCCl)CCCl)cc1CC(CC(=O)OC(C)(C)C)NC(=O)OC(C)(C)C. The van der Waals surface area contributed by atoms with Gasteiger partial charge in [-0.3, -0.25) is 9.59 Å². The Morgan fingerprint density at radius 3 is 2.03 bits per heavy atom. The monoisotopic (exact) mass is 516 g/mol. The Hall–Kier alpha value is -1.99. The van der Waals surface area contributed by atoms with E-state index < -0.39 is 29.3 Å². The predicted octanol–water partition coefficient (Wildman–Crippen LogP) is 5.08. The van der Waals surface area contributed by atoms with Crippen molar-refractivity contribution in [1.29, 1.82) is 0 Å². The van der Waals surface area contributed by atoms with Crippen molar-refractivity contribution in [3.05, 3.63) is 34.9 Å². The third-order valence-corrected chi connectivity index (χ3v) is 4.95. The first-order valence-electron chi connectivity index (χ1n) is 11.4. The minimum absolute atomic E-state index is 0.0429.